The number of benzene rings is 1. The molecule has 1 aromatic rings. The predicted octanol–water partition coefficient (Wildman–Crippen LogP) is 4.59. The number of rotatable bonds is 9. The molecular weight excluding hydrogens is 270 g/mol. The van der Waals surface area contributed by atoms with E-state index >= 15 is 0 Å². The third-order valence-corrected chi connectivity index (χ3v) is 3.91. The van der Waals surface area contributed by atoms with Crippen LogP contribution in [0.3, 0.4) is 0 Å². The van der Waals surface area contributed by atoms with E-state index in [0.717, 1.165) is 30.5 Å². The molecular formula is C17H26ClNO. The van der Waals surface area contributed by atoms with Crippen LogP contribution in [0.1, 0.15) is 51.2 Å². The third kappa shape index (κ3) is 5.82. The summed E-state index contributed by atoms with van der Waals surface area (Å²) in [6.45, 7) is 6.24. The van der Waals surface area contributed by atoms with Gasteiger partial charge in [-0.2, -0.15) is 0 Å². The number of hydrogen-bond donors (Lipinski definition) is 1. The van der Waals surface area contributed by atoms with Crippen LogP contribution in [-0.2, 0) is 4.74 Å². The van der Waals surface area contributed by atoms with Crippen LogP contribution in [0.4, 0.5) is 0 Å². The molecule has 0 amide bonds. The maximum absolute atomic E-state index is 6.09. The predicted molar refractivity (Wildman–Crippen MR) is 85.2 cm³/mol. The van der Waals surface area contributed by atoms with Gasteiger partial charge in [-0.15, -0.1) is 0 Å². The molecule has 2 rings (SSSR count). The minimum absolute atomic E-state index is 0.139. The molecule has 1 atom stereocenters. The Bertz CT molecular complexity index is 386. The van der Waals surface area contributed by atoms with Crippen molar-refractivity contribution in [2.75, 3.05) is 13.2 Å². The number of halogens is 1. The molecule has 1 aliphatic carbocycles. The maximum Gasteiger partial charge on any atom is 0.0949 e. The monoisotopic (exact) mass is 295 g/mol. The average molecular weight is 296 g/mol. The zero-order valence-electron chi connectivity index (χ0n) is 12.6. The second-order valence-electron chi connectivity index (χ2n) is 6.13. The minimum atomic E-state index is 0.139. The van der Waals surface area contributed by atoms with E-state index in [2.05, 4.69) is 31.3 Å². The fraction of sp³-hybridized carbons (Fsp3) is 0.647. The summed E-state index contributed by atoms with van der Waals surface area (Å²) < 4.78 is 6.09. The van der Waals surface area contributed by atoms with Crippen molar-refractivity contribution in [3.8, 4) is 0 Å². The molecule has 1 aromatic carbocycles. The first-order valence-electron chi connectivity index (χ1n) is 7.75. The van der Waals surface area contributed by atoms with Crippen molar-refractivity contribution in [1.82, 2.24) is 5.32 Å². The molecule has 1 N–H and O–H groups in total. The summed E-state index contributed by atoms with van der Waals surface area (Å²) in [6.07, 6.45) is 5.11. The largest absolute Gasteiger partial charge is 0.372 e. The van der Waals surface area contributed by atoms with E-state index < -0.39 is 0 Å². The van der Waals surface area contributed by atoms with E-state index in [1.54, 1.807) is 0 Å². The van der Waals surface area contributed by atoms with E-state index in [1.165, 1.54) is 24.8 Å². The third-order valence-electron chi connectivity index (χ3n) is 3.66. The summed E-state index contributed by atoms with van der Waals surface area (Å²) in [4.78, 5) is 0. The van der Waals surface area contributed by atoms with Gasteiger partial charge >= 0.3 is 0 Å². The average Bonchev–Trinajstić information content (AvgIpc) is 3.23. The first-order chi connectivity index (χ1) is 9.65. The number of nitrogens with one attached hydrogen (secondary N) is 1. The highest BCUT2D eigenvalue weighted by Crippen LogP contribution is 2.23. The summed E-state index contributed by atoms with van der Waals surface area (Å²) in [5.74, 6) is 0.747. The molecule has 3 heteroatoms. The van der Waals surface area contributed by atoms with Crippen LogP contribution in [0, 0.1) is 5.92 Å². The van der Waals surface area contributed by atoms with Gasteiger partial charge in [0.1, 0.15) is 0 Å². The van der Waals surface area contributed by atoms with Gasteiger partial charge < -0.3 is 10.1 Å². The number of hydrogen-bond acceptors (Lipinski definition) is 2. The van der Waals surface area contributed by atoms with Gasteiger partial charge in [0, 0.05) is 24.2 Å². The van der Waals surface area contributed by atoms with Gasteiger partial charge in [0.15, 0.2) is 0 Å². The zero-order chi connectivity index (χ0) is 14.4. The van der Waals surface area contributed by atoms with Crippen molar-refractivity contribution in [3.63, 3.8) is 0 Å². The Morgan fingerprint density at radius 3 is 2.55 bits per heavy atom. The molecule has 0 saturated heterocycles. The second kappa shape index (κ2) is 8.02. The normalized spacial score (nSPS) is 16.6. The lowest BCUT2D eigenvalue weighted by atomic mass is 10.1. The molecule has 0 spiro atoms. The highest BCUT2D eigenvalue weighted by atomic mass is 35.5. The fourth-order valence-electron chi connectivity index (χ4n) is 2.23. The summed E-state index contributed by atoms with van der Waals surface area (Å²) in [6, 6.07) is 8.74. The van der Waals surface area contributed by atoms with Crippen molar-refractivity contribution in [2.45, 2.75) is 51.7 Å². The second-order valence-corrected chi connectivity index (χ2v) is 6.57. The molecule has 1 fully saturated rings. The van der Waals surface area contributed by atoms with Crippen molar-refractivity contribution in [2.24, 2.45) is 5.92 Å². The zero-order valence-corrected chi connectivity index (χ0v) is 13.3. The van der Waals surface area contributed by atoms with Crippen molar-refractivity contribution < 1.29 is 4.74 Å². The van der Waals surface area contributed by atoms with Crippen molar-refractivity contribution in [3.05, 3.63) is 34.9 Å². The van der Waals surface area contributed by atoms with Crippen molar-refractivity contribution >= 4 is 11.6 Å². The molecule has 0 heterocycles. The molecule has 0 aliphatic heterocycles. The van der Waals surface area contributed by atoms with Crippen LogP contribution in [0.25, 0.3) is 0 Å². The molecule has 1 aliphatic rings. The van der Waals surface area contributed by atoms with Gasteiger partial charge in [-0.05, 0) is 49.3 Å². The molecule has 0 radical (unpaired) electrons. The lowest BCUT2D eigenvalue weighted by molar-refractivity contribution is 0.0484. The van der Waals surface area contributed by atoms with Gasteiger partial charge in [-0.3, -0.25) is 0 Å². The van der Waals surface area contributed by atoms with Crippen LogP contribution < -0.4 is 5.32 Å². The van der Waals surface area contributed by atoms with Crippen LogP contribution in [-0.4, -0.2) is 19.2 Å². The first-order valence-corrected chi connectivity index (χ1v) is 8.13. The standard InChI is InChI=1S/C17H26ClNO/c1-13(2)4-3-11-20-17(12-19-16-9-10-16)14-5-7-15(18)8-6-14/h5-8,13,16-17,19H,3-4,9-12H2,1-2H3. The lowest BCUT2D eigenvalue weighted by Gasteiger charge is -2.19. The molecule has 0 bridgehead atoms. The maximum atomic E-state index is 6.09. The van der Waals surface area contributed by atoms with Crippen LogP contribution >= 0.6 is 11.6 Å². The minimum Gasteiger partial charge on any atom is -0.372 e. The molecule has 112 valence electrons. The molecule has 1 unspecified atom stereocenters. The van der Waals surface area contributed by atoms with E-state index in [9.17, 15) is 0 Å². The molecule has 2 nitrogen and oxygen atoms in total. The van der Waals surface area contributed by atoms with E-state index in [-0.39, 0.29) is 6.10 Å². The summed E-state index contributed by atoms with van der Waals surface area (Å²) in [5, 5.41) is 4.34. The summed E-state index contributed by atoms with van der Waals surface area (Å²) in [5.41, 5.74) is 1.21. The van der Waals surface area contributed by atoms with E-state index in [0.29, 0.717) is 6.04 Å². The van der Waals surface area contributed by atoms with Gasteiger partial charge in [0.05, 0.1) is 6.10 Å². The smallest absolute Gasteiger partial charge is 0.0949 e. The molecule has 20 heavy (non-hydrogen) atoms. The van der Waals surface area contributed by atoms with Crippen LogP contribution in [0.2, 0.25) is 5.02 Å². The Balaban J connectivity index is 1.83. The highest BCUT2D eigenvalue weighted by molar-refractivity contribution is 6.30. The molecule has 0 aromatic heterocycles. The Kier molecular flexibility index (Phi) is 6.34. The molecule has 1 saturated carbocycles. The summed E-state index contributed by atoms with van der Waals surface area (Å²) in [7, 11) is 0. The summed E-state index contributed by atoms with van der Waals surface area (Å²) >= 11 is 5.96. The van der Waals surface area contributed by atoms with Gasteiger partial charge in [0.25, 0.3) is 0 Å². The lowest BCUT2D eigenvalue weighted by Crippen LogP contribution is -2.25. The fourth-order valence-corrected chi connectivity index (χ4v) is 2.35. The quantitative estimate of drug-likeness (QED) is 0.673. The number of ether oxygens (including phenoxy) is 1. The first kappa shape index (κ1) is 15.8. The Labute approximate surface area is 127 Å². The van der Waals surface area contributed by atoms with E-state index in [4.69, 9.17) is 16.3 Å². The highest BCUT2D eigenvalue weighted by Gasteiger charge is 2.22. The van der Waals surface area contributed by atoms with E-state index in [1.807, 2.05) is 12.1 Å². The Morgan fingerprint density at radius 2 is 1.95 bits per heavy atom. The van der Waals surface area contributed by atoms with Crippen LogP contribution in [0.5, 0.6) is 0 Å². The van der Waals surface area contributed by atoms with Gasteiger partial charge in [-0.1, -0.05) is 37.6 Å². The SMILES string of the molecule is CC(C)CCCOC(CNC1CC1)c1ccc(Cl)cc1. The topological polar surface area (TPSA) is 21.3 Å². The van der Waals surface area contributed by atoms with Crippen LogP contribution in [0.15, 0.2) is 24.3 Å². The van der Waals surface area contributed by atoms with Crippen molar-refractivity contribution in [1.29, 1.82) is 0 Å². The Hall–Kier alpha value is -0.570. The van der Waals surface area contributed by atoms with Gasteiger partial charge in [-0.25, -0.2) is 0 Å². The Morgan fingerprint density at radius 1 is 1.25 bits per heavy atom. The van der Waals surface area contributed by atoms with Gasteiger partial charge in [0.2, 0.25) is 0 Å².